The normalized spacial score (nSPS) is 21.4. The highest BCUT2D eigenvalue weighted by atomic mass is 16.4. The fourth-order valence-corrected chi connectivity index (χ4v) is 3.97. The molecule has 0 spiro atoms. The Morgan fingerprint density at radius 1 is 1.24 bits per heavy atom. The van der Waals surface area contributed by atoms with E-state index in [0.717, 1.165) is 12.8 Å². The topological polar surface area (TPSA) is 117 Å². The molecule has 1 aromatic heterocycles. The first-order valence-corrected chi connectivity index (χ1v) is 10.2. The van der Waals surface area contributed by atoms with E-state index < -0.39 is 12.0 Å². The first-order valence-electron chi connectivity index (χ1n) is 10.2. The van der Waals surface area contributed by atoms with Crippen LogP contribution in [0.5, 0.6) is 0 Å². The molecule has 8 heteroatoms. The van der Waals surface area contributed by atoms with Crippen molar-refractivity contribution in [1.29, 1.82) is 0 Å². The monoisotopic (exact) mass is 399 g/mol. The lowest BCUT2D eigenvalue weighted by Crippen LogP contribution is -2.44. The molecular formula is C21H27N4O4-. The summed E-state index contributed by atoms with van der Waals surface area (Å²) in [7, 11) is 0. The van der Waals surface area contributed by atoms with E-state index in [-0.39, 0.29) is 29.2 Å². The van der Waals surface area contributed by atoms with E-state index in [1.54, 1.807) is 24.3 Å². The maximum atomic E-state index is 13.0. The first-order chi connectivity index (χ1) is 13.9. The molecule has 1 amide bonds. The third-order valence-electron chi connectivity index (χ3n) is 6.05. The maximum absolute atomic E-state index is 13.0. The van der Waals surface area contributed by atoms with E-state index in [4.69, 9.17) is 0 Å². The number of carbonyl (C=O) groups excluding carboxylic acids is 2. The van der Waals surface area contributed by atoms with Gasteiger partial charge in [0.15, 0.2) is 0 Å². The number of benzene rings is 1. The van der Waals surface area contributed by atoms with Crippen LogP contribution >= 0.6 is 0 Å². The summed E-state index contributed by atoms with van der Waals surface area (Å²) in [6.07, 6.45) is 3.33. The summed E-state index contributed by atoms with van der Waals surface area (Å²) >= 11 is 0. The lowest BCUT2D eigenvalue weighted by molar-refractivity contribution is -0.312. The van der Waals surface area contributed by atoms with Gasteiger partial charge in [0, 0.05) is 12.5 Å². The van der Waals surface area contributed by atoms with E-state index in [1.165, 1.54) is 4.68 Å². The van der Waals surface area contributed by atoms with Gasteiger partial charge in [-0.05, 0) is 55.6 Å². The Kier molecular flexibility index (Phi) is 6.61. The van der Waals surface area contributed by atoms with Crippen molar-refractivity contribution < 1.29 is 14.7 Å². The molecule has 29 heavy (non-hydrogen) atoms. The predicted octanol–water partition coefficient (Wildman–Crippen LogP) is 1.05. The van der Waals surface area contributed by atoms with Crippen molar-refractivity contribution in [2.75, 3.05) is 6.54 Å². The molecule has 2 atom stereocenters. The van der Waals surface area contributed by atoms with Crippen LogP contribution in [0, 0.1) is 17.8 Å². The van der Waals surface area contributed by atoms with Crippen molar-refractivity contribution in [3.05, 3.63) is 34.6 Å². The molecule has 0 aliphatic heterocycles. The van der Waals surface area contributed by atoms with Gasteiger partial charge in [-0.2, -0.15) is 4.68 Å². The van der Waals surface area contributed by atoms with Gasteiger partial charge in [0.05, 0.1) is 5.39 Å². The zero-order valence-electron chi connectivity index (χ0n) is 16.8. The lowest BCUT2D eigenvalue weighted by atomic mass is 9.82. The van der Waals surface area contributed by atoms with Gasteiger partial charge in [-0.3, -0.25) is 9.59 Å². The number of rotatable bonds is 7. The lowest BCUT2D eigenvalue weighted by Gasteiger charge is -2.30. The van der Waals surface area contributed by atoms with Crippen molar-refractivity contribution in [2.45, 2.75) is 52.0 Å². The van der Waals surface area contributed by atoms with Gasteiger partial charge in [-0.1, -0.05) is 37.6 Å². The van der Waals surface area contributed by atoms with Gasteiger partial charge in [-0.15, -0.1) is 5.10 Å². The van der Waals surface area contributed by atoms with Gasteiger partial charge >= 0.3 is 0 Å². The minimum absolute atomic E-state index is 0.100. The molecule has 1 aliphatic carbocycles. The van der Waals surface area contributed by atoms with Crippen LogP contribution in [0.3, 0.4) is 0 Å². The number of nitrogens with zero attached hydrogens (tertiary/aromatic N) is 3. The quantitative estimate of drug-likeness (QED) is 0.744. The van der Waals surface area contributed by atoms with Crippen LogP contribution in [0.4, 0.5) is 0 Å². The second-order valence-corrected chi connectivity index (χ2v) is 7.97. The van der Waals surface area contributed by atoms with Crippen LogP contribution in [0.25, 0.3) is 10.9 Å². The summed E-state index contributed by atoms with van der Waals surface area (Å²) in [5, 5.41) is 22.5. The molecule has 156 valence electrons. The smallest absolute Gasteiger partial charge is 0.278 e. The summed E-state index contributed by atoms with van der Waals surface area (Å²) in [6, 6.07) is 6.20. The van der Waals surface area contributed by atoms with E-state index in [1.807, 2.05) is 13.8 Å². The number of carbonyl (C=O) groups is 2. The number of carboxylic acids is 1. The minimum Gasteiger partial charge on any atom is -0.550 e. The molecule has 2 aromatic rings. The highest BCUT2D eigenvalue weighted by Crippen LogP contribution is 2.28. The van der Waals surface area contributed by atoms with Crippen LogP contribution in [0.2, 0.25) is 0 Å². The van der Waals surface area contributed by atoms with Gasteiger partial charge < -0.3 is 15.2 Å². The van der Waals surface area contributed by atoms with Crippen molar-refractivity contribution in [3.8, 4) is 0 Å². The third-order valence-corrected chi connectivity index (χ3v) is 6.05. The predicted molar refractivity (Wildman–Crippen MR) is 106 cm³/mol. The fourth-order valence-electron chi connectivity index (χ4n) is 3.97. The van der Waals surface area contributed by atoms with E-state index >= 15 is 0 Å². The molecule has 8 nitrogen and oxygen atoms in total. The van der Waals surface area contributed by atoms with Crippen LogP contribution in [0.1, 0.15) is 52.0 Å². The Labute approximate surface area is 169 Å². The summed E-state index contributed by atoms with van der Waals surface area (Å²) in [4.78, 5) is 36.9. The number of aromatic nitrogens is 3. The summed E-state index contributed by atoms with van der Waals surface area (Å²) in [5.41, 5.74) is 0.173. The average Bonchev–Trinajstić information content (AvgIpc) is 2.74. The molecule has 0 saturated heterocycles. The maximum Gasteiger partial charge on any atom is 0.278 e. The number of aliphatic carboxylic acids is 1. The Bertz CT molecular complexity index is 934. The van der Waals surface area contributed by atoms with Gasteiger partial charge in [0.1, 0.15) is 11.6 Å². The van der Waals surface area contributed by atoms with Crippen LogP contribution in [-0.2, 0) is 9.59 Å². The molecule has 1 aromatic carbocycles. The Morgan fingerprint density at radius 3 is 2.59 bits per heavy atom. The summed E-state index contributed by atoms with van der Waals surface area (Å²) in [6.45, 7) is 4.34. The van der Waals surface area contributed by atoms with E-state index in [2.05, 4.69) is 15.6 Å². The van der Waals surface area contributed by atoms with Gasteiger partial charge in [0.2, 0.25) is 5.91 Å². The van der Waals surface area contributed by atoms with Crippen molar-refractivity contribution >= 4 is 22.8 Å². The Balaban J connectivity index is 1.74. The number of amides is 1. The molecule has 3 rings (SSSR count). The van der Waals surface area contributed by atoms with E-state index in [9.17, 15) is 19.5 Å². The summed E-state index contributed by atoms with van der Waals surface area (Å²) < 4.78 is 1.19. The Hall–Kier alpha value is -2.77. The number of hydrogen-bond acceptors (Lipinski definition) is 6. The highest BCUT2D eigenvalue weighted by Gasteiger charge is 2.30. The van der Waals surface area contributed by atoms with E-state index in [0.29, 0.717) is 36.7 Å². The zero-order chi connectivity index (χ0) is 21.0. The van der Waals surface area contributed by atoms with Crippen LogP contribution in [-0.4, -0.2) is 33.4 Å². The number of nitrogens with one attached hydrogen (secondary N) is 1. The number of fused-ring (bicyclic) bond motifs is 1. The summed E-state index contributed by atoms with van der Waals surface area (Å²) in [5.74, 6) is -1.50. The van der Waals surface area contributed by atoms with Gasteiger partial charge in [0.25, 0.3) is 5.56 Å². The van der Waals surface area contributed by atoms with Gasteiger partial charge in [-0.25, -0.2) is 0 Å². The largest absolute Gasteiger partial charge is 0.550 e. The number of carboxylic acid groups (broad SMARTS) is 1. The van der Waals surface area contributed by atoms with Crippen LogP contribution in [0.15, 0.2) is 29.1 Å². The first kappa shape index (κ1) is 21.0. The molecule has 0 bridgehead atoms. The standard InChI is InChI=1S/C21H28N4O4/c1-3-13(2)18(25-20(27)16-6-4-5-7-17(16)23-24-25)19(26)22-12-14-8-10-15(11-9-14)21(28)29/h4-7,13-15,18H,3,8-12H2,1-2H3,(H,22,26)(H,28,29)/p-1/t13-,14?,15?,18-/m0/s1. The second kappa shape index (κ2) is 9.15. The molecule has 1 aliphatic rings. The Morgan fingerprint density at radius 2 is 1.93 bits per heavy atom. The molecule has 1 fully saturated rings. The third kappa shape index (κ3) is 4.63. The van der Waals surface area contributed by atoms with Crippen molar-refractivity contribution in [3.63, 3.8) is 0 Å². The molecule has 0 radical (unpaired) electrons. The second-order valence-electron chi connectivity index (χ2n) is 7.97. The molecule has 0 unspecified atom stereocenters. The molecule has 1 heterocycles. The SMILES string of the molecule is CC[C@H](C)[C@@H](C(=O)NCC1CCC(C(=O)[O-])CC1)n1nnc2ccccc2c1=O. The van der Waals surface area contributed by atoms with Crippen molar-refractivity contribution in [2.24, 2.45) is 17.8 Å². The molecule has 1 N–H and O–H groups in total. The van der Waals surface area contributed by atoms with Crippen molar-refractivity contribution in [1.82, 2.24) is 20.3 Å². The molecule has 1 saturated carbocycles. The zero-order valence-corrected chi connectivity index (χ0v) is 16.8. The highest BCUT2D eigenvalue weighted by molar-refractivity contribution is 5.81. The number of hydrogen-bond donors (Lipinski definition) is 1. The average molecular weight is 399 g/mol. The molecular weight excluding hydrogens is 372 g/mol. The minimum atomic E-state index is -0.987. The van der Waals surface area contributed by atoms with Crippen LogP contribution < -0.4 is 16.0 Å². The fraction of sp³-hybridized carbons (Fsp3) is 0.571.